The molecule has 0 aliphatic carbocycles. The average molecular weight is 367 g/mol. The molecule has 0 saturated carbocycles. The maximum Gasteiger partial charge on any atom is 0.534 e. The molecule has 0 aromatic carbocycles. The van der Waals surface area contributed by atoms with E-state index in [-0.39, 0.29) is 5.69 Å². The minimum Gasteiger partial charge on any atom is -0.379 e. The van der Waals surface area contributed by atoms with E-state index in [1.165, 1.54) is 6.20 Å². The molecule has 1 aromatic heterocycles. The van der Waals surface area contributed by atoms with E-state index in [0.29, 0.717) is 44.8 Å². The molecule has 1 saturated heterocycles. The topological polar surface area (TPSA) is 72.0 Å². The molecule has 0 atom stereocenters. The Morgan fingerprint density at radius 1 is 1.21 bits per heavy atom. The van der Waals surface area contributed by atoms with Crippen LogP contribution >= 0.6 is 0 Å². The molecular formula is C13H16F3N3O4S. The van der Waals surface area contributed by atoms with E-state index < -0.39 is 21.5 Å². The number of hydrogen-bond donors (Lipinski definition) is 0. The van der Waals surface area contributed by atoms with E-state index in [0.717, 1.165) is 6.42 Å². The van der Waals surface area contributed by atoms with Crippen molar-refractivity contribution in [2.24, 2.45) is 0 Å². The smallest absolute Gasteiger partial charge is 0.379 e. The normalized spacial score (nSPS) is 19.9. The summed E-state index contributed by atoms with van der Waals surface area (Å²) in [6, 6.07) is 1.66. The van der Waals surface area contributed by atoms with Gasteiger partial charge in [0.25, 0.3) is 5.88 Å². The first-order chi connectivity index (χ1) is 11.3. The van der Waals surface area contributed by atoms with E-state index in [2.05, 4.69) is 9.17 Å². The van der Waals surface area contributed by atoms with E-state index >= 15 is 0 Å². The quantitative estimate of drug-likeness (QED) is 0.589. The molecular weight excluding hydrogens is 351 g/mol. The van der Waals surface area contributed by atoms with Crippen LogP contribution in [0.5, 0.6) is 5.88 Å². The van der Waals surface area contributed by atoms with Gasteiger partial charge in [-0.05, 0) is 24.5 Å². The van der Waals surface area contributed by atoms with Crippen LogP contribution in [0.2, 0.25) is 0 Å². The molecule has 0 N–H and O–H groups in total. The minimum atomic E-state index is -5.77. The van der Waals surface area contributed by atoms with Gasteiger partial charge in [-0.15, -0.1) is 0 Å². The van der Waals surface area contributed by atoms with Crippen molar-refractivity contribution in [3.63, 3.8) is 0 Å². The van der Waals surface area contributed by atoms with Crippen molar-refractivity contribution in [2.45, 2.75) is 18.3 Å². The summed E-state index contributed by atoms with van der Waals surface area (Å²) in [5, 5.41) is 3.66. The standard InChI is InChI=1S/C13H16F3N3O4S/c14-13(15,16)24(20,21)23-12-11-10(3-4-17-12)2-1-5-19(11)18-6-8-22-9-7-18/h3-4H,1-2,5-9H2. The number of anilines is 1. The molecule has 1 fully saturated rings. The van der Waals surface area contributed by atoms with Crippen LogP contribution in [0, 0.1) is 0 Å². The molecule has 1 aromatic rings. The summed E-state index contributed by atoms with van der Waals surface area (Å²) >= 11 is 0. The summed E-state index contributed by atoms with van der Waals surface area (Å²) in [6.07, 6.45) is 2.66. The number of hydrazine groups is 1. The number of aryl methyl sites for hydroxylation is 1. The van der Waals surface area contributed by atoms with Crippen LogP contribution in [0.3, 0.4) is 0 Å². The molecule has 134 valence electrons. The number of hydrogen-bond acceptors (Lipinski definition) is 7. The molecule has 7 nitrogen and oxygen atoms in total. The van der Waals surface area contributed by atoms with Crippen molar-refractivity contribution in [2.75, 3.05) is 37.9 Å². The predicted molar refractivity (Wildman–Crippen MR) is 77.9 cm³/mol. The number of aromatic nitrogens is 1. The molecule has 2 aliphatic rings. The van der Waals surface area contributed by atoms with Crippen molar-refractivity contribution in [3.8, 4) is 5.88 Å². The third-order valence-electron chi connectivity index (χ3n) is 3.85. The van der Waals surface area contributed by atoms with Crippen LogP contribution in [-0.4, -0.2) is 56.8 Å². The van der Waals surface area contributed by atoms with Gasteiger partial charge in [0.1, 0.15) is 5.69 Å². The molecule has 2 aliphatic heterocycles. The second kappa shape index (κ2) is 6.37. The maximum absolute atomic E-state index is 12.6. The van der Waals surface area contributed by atoms with Gasteiger partial charge in [0.2, 0.25) is 0 Å². The zero-order valence-corrected chi connectivity index (χ0v) is 13.4. The van der Waals surface area contributed by atoms with Gasteiger partial charge in [-0.2, -0.15) is 21.6 Å². The largest absolute Gasteiger partial charge is 0.534 e. The molecule has 3 heterocycles. The van der Waals surface area contributed by atoms with Gasteiger partial charge >= 0.3 is 15.6 Å². The number of halogens is 3. The summed E-state index contributed by atoms with van der Waals surface area (Å²) in [6.45, 7) is 2.63. The first-order valence-electron chi connectivity index (χ1n) is 7.38. The van der Waals surface area contributed by atoms with E-state index in [4.69, 9.17) is 4.74 Å². The highest BCUT2D eigenvalue weighted by Crippen LogP contribution is 2.38. The molecule has 3 rings (SSSR count). The zero-order chi connectivity index (χ0) is 17.4. The van der Waals surface area contributed by atoms with E-state index in [9.17, 15) is 21.6 Å². The SMILES string of the molecule is O=S(=O)(Oc1nccc2c1N(N1CCOCC1)CCC2)C(F)(F)F. The van der Waals surface area contributed by atoms with E-state index in [1.807, 2.05) is 5.01 Å². The van der Waals surface area contributed by atoms with Crippen molar-refractivity contribution in [3.05, 3.63) is 17.8 Å². The van der Waals surface area contributed by atoms with Gasteiger partial charge in [-0.1, -0.05) is 0 Å². The van der Waals surface area contributed by atoms with Gasteiger partial charge in [0.05, 0.1) is 13.2 Å². The lowest BCUT2D eigenvalue weighted by atomic mass is 10.0. The fourth-order valence-corrected chi connectivity index (χ4v) is 3.20. The summed E-state index contributed by atoms with van der Waals surface area (Å²) in [5.74, 6) is -0.545. The number of alkyl halides is 3. The second-order valence-electron chi connectivity index (χ2n) is 5.40. The van der Waals surface area contributed by atoms with Gasteiger partial charge in [-0.3, -0.25) is 0 Å². The summed E-state index contributed by atoms with van der Waals surface area (Å²) in [7, 11) is -5.77. The van der Waals surface area contributed by atoms with Crippen LogP contribution < -0.4 is 9.19 Å². The average Bonchev–Trinajstić information content (AvgIpc) is 2.54. The van der Waals surface area contributed by atoms with E-state index in [1.54, 1.807) is 11.1 Å². The number of morpholine rings is 1. The minimum absolute atomic E-state index is 0.276. The zero-order valence-electron chi connectivity index (χ0n) is 12.6. The summed E-state index contributed by atoms with van der Waals surface area (Å²) in [5.41, 5.74) is -4.52. The van der Waals surface area contributed by atoms with Gasteiger partial charge in [-0.25, -0.2) is 9.99 Å². The van der Waals surface area contributed by atoms with Crippen LogP contribution in [0.25, 0.3) is 0 Å². The lowest BCUT2D eigenvalue weighted by Crippen LogP contribution is -2.51. The Morgan fingerprint density at radius 2 is 1.92 bits per heavy atom. The number of pyridine rings is 1. The Balaban J connectivity index is 1.97. The lowest BCUT2D eigenvalue weighted by Gasteiger charge is -2.41. The Hall–Kier alpha value is -1.59. The van der Waals surface area contributed by atoms with Crippen molar-refractivity contribution in [1.82, 2.24) is 9.99 Å². The van der Waals surface area contributed by atoms with Crippen LogP contribution in [0.4, 0.5) is 18.9 Å². The Kier molecular flexibility index (Phi) is 4.58. The van der Waals surface area contributed by atoms with Gasteiger partial charge < -0.3 is 13.9 Å². The Morgan fingerprint density at radius 3 is 2.58 bits per heavy atom. The van der Waals surface area contributed by atoms with Crippen LogP contribution in [-0.2, 0) is 21.3 Å². The monoisotopic (exact) mass is 367 g/mol. The Bertz CT molecular complexity index is 705. The highest BCUT2D eigenvalue weighted by Gasteiger charge is 2.49. The molecule has 0 spiro atoms. The number of ether oxygens (including phenoxy) is 1. The van der Waals surface area contributed by atoms with Gasteiger partial charge in [0.15, 0.2) is 0 Å². The van der Waals surface area contributed by atoms with Crippen molar-refractivity contribution < 1.29 is 30.5 Å². The number of fused-ring (bicyclic) bond motifs is 1. The summed E-state index contributed by atoms with van der Waals surface area (Å²) in [4.78, 5) is 3.73. The fraction of sp³-hybridized carbons (Fsp3) is 0.615. The molecule has 0 bridgehead atoms. The molecule has 0 unspecified atom stereocenters. The number of nitrogens with zero attached hydrogens (tertiary/aromatic N) is 3. The maximum atomic E-state index is 12.6. The second-order valence-corrected chi connectivity index (χ2v) is 6.94. The number of rotatable bonds is 3. The highest BCUT2D eigenvalue weighted by molar-refractivity contribution is 7.88. The fourth-order valence-electron chi connectivity index (χ4n) is 2.77. The van der Waals surface area contributed by atoms with Crippen LogP contribution in [0.1, 0.15) is 12.0 Å². The van der Waals surface area contributed by atoms with Crippen molar-refractivity contribution >= 4 is 15.8 Å². The van der Waals surface area contributed by atoms with Gasteiger partial charge in [0, 0.05) is 25.8 Å². The highest BCUT2D eigenvalue weighted by atomic mass is 32.2. The molecule has 0 amide bonds. The van der Waals surface area contributed by atoms with Crippen LogP contribution in [0.15, 0.2) is 12.3 Å². The lowest BCUT2D eigenvalue weighted by molar-refractivity contribution is -0.0501. The molecule has 24 heavy (non-hydrogen) atoms. The summed E-state index contributed by atoms with van der Waals surface area (Å²) < 4.78 is 70.2. The third kappa shape index (κ3) is 3.28. The first-order valence-corrected chi connectivity index (χ1v) is 8.79. The predicted octanol–water partition coefficient (Wildman–Crippen LogP) is 1.31. The van der Waals surface area contributed by atoms with Crippen molar-refractivity contribution in [1.29, 1.82) is 0 Å². The Labute approximate surface area is 137 Å². The molecule has 0 radical (unpaired) electrons. The first kappa shape index (κ1) is 17.2. The third-order valence-corrected chi connectivity index (χ3v) is 4.79. The molecule has 11 heteroatoms.